The number of rotatable bonds is 7. The van der Waals surface area contributed by atoms with Crippen molar-refractivity contribution < 1.29 is 9.47 Å². The first kappa shape index (κ1) is 15.8. The van der Waals surface area contributed by atoms with Gasteiger partial charge >= 0.3 is 0 Å². The Bertz CT molecular complexity index is 417. The Labute approximate surface area is 130 Å². The maximum Gasteiger partial charge on any atom is 0.120 e. The number of hydrogen-bond donors (Lipinski definition) is 1. The average molecular weight is 342 g/mol. The lowest BCUT2D eigenvalue weighted by molar-refractivity contribution is 0.127. The number of ether oxygens (including phenoxy) is 2. The Morgan fingerprint density at radius 1 is 1.45 bits per heavy atom. The molecular weight excluding hydrogens is 318 g/mol. The van der Waals surface area contributed by atoms with Crippen LogP contribution in [0.4, 0.5) is 0 Å². The Morgan fingerprint density at radius 3 is 2.95 bits per heavy atom. The molecule has 1 aliphatic rings. The van der Waals surface area contributed by atoms with Gasteiger partial charge in [0.2, 0.25) is 0 Å². The summed E-state index contributed by atoms with van der Waals surface area (Å²) >= 11 is 3.46. The molecule has 0 bridgehead atoms. The van der Waals surface area contributed by atoms with Gasteiger partial charge in [0.1, 0.15) is 5.75 Å². The summed E-state index contributed by atoms with van der Waals surface area (Å²) in [5.41, 5.74) is 0.232. The number of hydrogen-bond acceptors (Lipinski definition) is 3. The fourth-order valence-corrected chi connectivity index (χ4v) is 2.82. The molecule has 112 valence electrons. The molecule has 1 unspecified atom stereocenters. The van der Waals surface area contributed by atoms with Gasteiger partial charge in [0, 0.05) is 29.1 Å². The van der Waals surface area contributed by atoms with Crippen molar-refractivity contribution in [2.45, 2.75) is 32.7 Å². The zero-order chi connectivity index (χ0) is 14.4. The molecule has 0 spiro atoms. The molecular formula is C16H24BrNO2. The Kier molecular flexibility index (Phi) is 5.87. The number of benzene rings is 1. The largest absolute Gasteiger partial charge is 0.494 e. The van der Waals surface area contributed by atoms with Crippen LogP contribution in [-0.2, 0) is 4.74 Å². The third kappa shape index (κ3) is 4.76. The predicted octanol–water partition coefficient (Wildman–Crippen LogP) is 3.62. The maximum absolute atomic E-state index is 5.87. The van der Waals surface area contributed by atoms with Crippen molar-refractivity contribution in [2.24, 2.45) is 5.41 Å². The first-order valence-electron chi connectivity index (χ1n) is 7.29. The quantitative estimate of drug-likeness (QED) is 0.821. The van der Waals surface area contributed by atoms with Gasteiger partial charge < -0.3 is 14.8 Å². The summed E-state index contributed by atoms with van der Waals surface area (Å²) in [5.74, 6) is 0.922. The van der Waals surface area contributed by atoms with Crippen molar-refractivity contribution in [3.05, 3.63) is 28.7 Å². The van der Waals surface area contributed by atoms with Gasteiger partial charge in [0.15, 0.2) is 0 Å². The molecule has 3 nitrogen and oxygen atoms in total. The normalized spacial score (nSPS) is 22.4. The van der Waals surface area contributed by atoms with E-state index in [9.17, 15) is 0 Å². The molecule has 1 fully saturated rings. The number of halogens is 1. The summed E-state index contributed by atoms with van der Waals surface area (Å²) < 4.78 is 12.5. The Balaban J connectivity index is 1.83. The van der Waals surface area contributed by atoms with E-state index in [2.05, 4.69) is 35.1 Å². The van der Waals surface area contributed by atoms with Crippen LogP contribution in [-0.4, -0.2) is 32.4 Å². The van der Waals surface area contributed by atoms with E-state index < -0.39 is 0 Å². The molecule has 20 heavy (non-hydrogen) atoms. The summed E-state index contributed by atoms with van der Waals surface area (Å²) in [6.07, 6.45) is 2.15. The topological polar surface area (TPSA) is 30.5 Å². The molecule has 1 heterocycles. The maximum atomic E-state index is 5.87. The van der Waals surface area contributed by atoms with Crippen LogP contribution >= 0.6 is 15.9 Å². The van der Waals surface area contributed by atoms with E-state index in [1.165, 1.54) is 0 Å². The van der Waals surface area contributed by atoms with Crippen molar-refractivity contribution in [2.75, 3.05) is 26.4 Å². The molecule has 1 N–H and O–H groups in total. The summed E-state index contributed by atoms with van der Waals surface area (Å²) in [6.45, 7) is 7.82. The minimum atomic E-state index is 0.232. The Hall–Kier alpha value is -0.580. The first-order chi connectivity index (χ1) is 9.60. The van der Waals surface area contributed by atoms with E-state index in [0.29, 0.717) is 6.04 Å². The summed E-state index contributed by atoms with van der Waals surface area (Å²) in [6, 6.07) is 8.51. The SMILES string of the molecule is CC(C)NCC1(CCOc2cccc(Br)c2)CCOC1. The van der Waals surface area contributed by atoms with E-state index in [0.717, 1.165) is 49.4 Å². The van der Waals surface area contributed by atoms with Gasteiger partial charge in [-0.25, -0.2) is 0 Å². The lowest BCUT2D eigenvalue weighted by atomic mass is 9.84. The van der Waals surface area contributed by atoms with Crippen LogP contribution in [0.3, 0.4) is 0 Å². The zero-order valence-electron chi connectivity index (χ0n) is 12.3. The van der Waals surface area contributed by atoms with Gasteiger partial charge in [-0.2, -0.15) is 0 Å². The third-order valence-electron chi connectivity index (χ3n) is 3.77. The second kappa shape index (κ2) is 7.43. The van der Waals surface area contributed by atoms with Gasteiger partial charge in [0.05, 0.1) is 13.2 Å². The van der Waals surface area contributed by atoms with E-state index >= 15 is 0 Å². The van der Waals surface area contributed by atoms with Crippen molar-refractivity contribution in [1.82, 2.24) is 5.32 Å². The molecule has 1 saturated heterocycles. The fraction of sp³-hybridized carbons (Fsp3) is 0.625. The van der Waals surface area contributed by atoms with Crippen LogP contribution in [0, 0.1) is 5.41 Å². The highest BCUT2D eigenvalue weighted by Gasteiger charge is 2.34. The minimum absolute atomic E-state index is 0.232. The highest BCUT2D eigenvalue weighted by Crippen LogP contribution is 2.32. The van der Waals surface area contributed by atoms with E-state index in [1.807, 2.05) is 24.3 Å². The Morgan fingerprint density at radius 2 is 2.30 bits per heavy atom. The third-order valence-corrected chi connectivity index (χ3v) is 4.26. The molecule has 4 heteroatoms. The lowest BCUT2D eigenvalue weighted by Crippen LogP contribution is -2.39. The van der Waals surface area contributed by atoms with Gasteiger partial charge in [-0.3, -0.25) is 0 Å². The lowest BCUT2D eigenvalue weighted by Gasteiger charge is -2.28. The highest BCUT2D eigenvalue weighted by atomic mass is 79.9. The molecule has 0 saturated carbocycles. The number of nitrogens with one attached hydrogen (secondary N) is 1. The average Bonchev–Trinajstić information content (AvgIpc) is 2.86. The molecule has 1 aromatic rings. The standard InChI is InChI=1S/C16H24BrNO2/c1-13(2)18-11-16(6-8-19-12-16)7-9-20-15-5-3-4-14(17)10-15/h3-5,10,13,18H,6-9,11-12H2,1-2H3. The highest BCUT2D eigenvalue weighted by molar-refractivity contribution is 9.10. The van der Waals surface area contributed by atoms with Crippen molar-refractivity contribution in [3.63, 3.8) is 0 Å². The van der Waals surface area contributed by atoms with Crippen molar-refractivity contribution in [3.8, 4) is 5.75 Å². The monoisotopic (exact) mass is 341 g/mol. The van der Waals surface area contributed by atoms with E-state index in [-0.39, 0.29) is 5.41 Å². The first-order valence-corrected chi connectivity index (χ1v) is 8.08. The molecule has 0 aliphatic carbocycles. The molecule has 1 atom stereocenters. The molecule has 2 rings (SSSR count). The summed E-state index contributed by atoms with van der Waals surface area (Å²) in [7, 11) is 0. The second-order valence-corrected chi connectivity index (χ2v) is 6.81. The van der Waals surface area contributed by atoms with Gasteiger partial charge in [-0.1, -0.05) is 35.8 Å². The van der Waals surface area contributed by atoms with Crippen molar-refractivity contribution in [1.29, 1.82) is 0 Å². The van der Waals surface area contributed by atoms with Crippen LogP contribution in [0.5, 0.6) is 5.75 Å². The van der Waals surface area contributed by atoms with Gasteiger partial charge in [0.25, 0.3) is 0 Å². The minimum Gasteiger partial charge on any atom is -0.494 e. The summed E-state index contributed by atoms with van der Waals surface area (Å²) in [4.78, 5) is 0. The van der Waals surface area contributed by atoms with Crippen LogP contribution in [0.25, 0.3) is 0 Å². The smallest absolute Gasteiger partial charge is 0.120 e. The molecule has 0 amide bonds. The van der Waals surface area contributed by atoms with Gasteiger partial charge in [-0.05, 0) is 31.0 Å². The molecule has 1 aliphatic heterocycles. The van der Waals surface area contributed by atoms with Crippen molar-refractivity contribution >= 4 is 15.9 Å². The predicted molar refractivity (Wildman–Crippen MR) is 85.3 cm³/mol. The van der Waals surface area contributed by atoms with Gasteiger partial charge in [-0.15, -0.1) is 0 Å². The fourth-order valence-electron chi connectivity index (χ4n) is 2.44. The molecule has 0 radical (unpaired) electrons. The molecule has 0 aromatic heterocycles. The van der Waals surface area contributed by atoms with E-state index in [1.54, 1.807) is 0 Å². The second-order valence-electron chi connectivity index (χ2n) is 5.89. The zero-order valence-corrected chi connectivity index (χ0v) is 13.9. The van der Waals surface area contributed by atoms with Crippen LogP contribution in [0.2, 0.25) is 0 Å². The molecule has 1 aromatic carbocycles. The van der Waals surface area contributed by atoms with Crippen LogP contribution in [0.1, 0.15) is 26.7 Å². The van der Waals surface area contributed by atoms with Crippen LogP contribution in [0.15, 0.2) is 28.7 Å². The van der Waals surface area contributed by atoms with Crippen LogP contribution < -0.4 is 10.1 Å². The summed E-state index contributed by atoms with van der Waals surface area (Å²) in [5, 5.41) is 3.54. The van der Waals surface area contributed by atoms with E-state index in [4.69, 9.17) is 9.47 Å².